The molecule has 0 radical (unpaired) electrons. The lowest BCUT2D eigenvalue weighted by Gasteiger charge is -2.21. The van der Waals surface area contributed by atoms with Crippen LogP contribution in [0.3, 0.4) is 0 Å². The molecule has 0 spiro atoms. The van der Waals surface area contributed by atoms with E-state index in [2.05, 4.69) is 12.2 Å². The molecule has 0 saturated carbocycles. The summed E-state index contributed by atoms with van der Waals surface area (Å²) < 4.78 is 0. The zero-order chi connectivity index (χ0) is 18.2. The Balaban J connectivity index is 1.97. The number of nitrogens with one attached hydrogen (secondary N) is 1. The molecule has 0 unspecified atom stereocenters. The summed E-state index contributed by atoms with van der Waals surface area (Å²) in [6, 6.07) is 15.8. The molecular formula is C21H26N2O2. The second-order valence-corrected chi connectivity index (χ2v) is 6.19. The van der Waals surface area contributed by atoms with Crippen molar-refractivity contribution in [2.75, 3.05) is 11.9 Å². The molecule has 1 N–H and O–H groups in total. The minimum Gasteiger partial charge on any atom is -0.338 e. The van der Waals surface area contributed by atoms with Gasteiger partial charge in [-0.2, -0.15) is 0 Å². The van der Waals surface area contributed by atoms with Gasteiger partial charge in [0, 0.05) is 32.1 Å². The number of nitrogens with zero attached hydrogens (tertiary/aromatic N) is 1. The Labute approximate surface area is 149 Å². The van der Waals surface area contributed by atoms with Crippen LogP contribution in [-0.2, 0) is 22.6 Å². The van der Waals surface area contributed by atoms with Crippen molar-refractivity contribution in [1.82, 2.24) is 4.90 Å². The molecule has 0 bridgehead atoms. The number of hydrogen-bond acceptors (Lipinski definition) is 2. The van der Waals surface area contributed by atoms with Crippen molar-refractivity contribution in [2.24, 2.45) is 0 Å². The fourth-order valence-corrected chi connectivity index (χ4v) is 2.79. The molecule has 4 heteroatoms. The molecule has 0 aromatic heterocycles. The smallest absolute Gasteiger partial charge is 0.226 e. The van der Waals surface area contributed by atoms with E-state index >= 15 is 0 Å². The highest BCUT2D eigenvalue weighted by molar-refractivity contribution is 5.92. The summed E-state index contributed by atoms with van der Waals surface area (Å²) in [7, 11) is 0. The molecule has 2 aromatic rings. The molecule has 0 heterocycles. The highest BCUT2D eigenvalue weighted by Gasteiger charge is 2.13. The summed E-state index contributed by atoms with van der Waals surface area (Å²) in [5.41, 5.74) is 4.14. The molecule has 2 aromatic carbocycles. The van der Waals surface area contributed by atoms with Crippen molar-refractivity contribution >= 4 is 17.5 Å². The van der Waals surface area contributed by atoms with E-state index in [1.54, 1.807) is 4.90 Å². The van der Waals surface area contributed by atoms with Gasteiger partial charge in [0.15, 0.2) is 0 Å². The van der Waals surface area contributed by atoms with Gasteiger partial charge in [-0.3, -0.25) is 9.59 Å². The lowest BCUT2D eigenvalue weighted by molar-refractivity contribution is -0.129. The quantitative estimate of drug-likeness (QED) is 0.831. The number of hydrogen-bond donors (Lipinski definition) is 1. The Morgan fingerprint density at radius 2 is 1.76 bits per heavy atom. The third-order valence-electron chi connectivity index (χ3n) is 4.27. The summed E-state index contributed by atoms with van der Waals surface area (Å²) in [6.07, 6.45) is 1.15. The van der Waals surface area contributed by atoms with E-state index < -0.39 is 0 Å². The van der Waals surface area contributed by atoms with E-state index in [1.165, 1.54) is 6.92 Å². The topological polar surface area (TPSA) is 49.4 Å². The van der Waals surface area contributed by atoms with Crippen LogP contribution in [0.4, 0.5) is 5.69 Å². The fourth-order valence-electron chi connectivity index (χ4n) is 2.79. The summed E-state index contributed by atoms with van der Waals surface area (Å²) in [4.78, 5) is 25.9. The van der Waals surface area contributed by atoms with Crippen molar-refractivity contribution < 1.29 is 9.59 Å². The van der Waals surface area contributed by atoms with Crippen LogP contribution in [0.15, 0.2) is 48.5 Å². The Bertz CT molecular complexity index is 726. The van der Waals surface area contributed by atoms with E-state index in [0.29, 0.717) is 13.1 Å². The predicted molar refractivity (Wildman–Crippen MR) is 101 cm³/mol. The first-order valence-electron chi connectivity index (χ1n) is 8.69. The number of carbonyl (C=O) groups excluding carboxylic acids is 2. The fraction of sp³-hybridized carbons (Fsp3) is 0.333. The summed E-state index contributed by atoms with van der Waals surface area (Å²) in [5, 5.41) is 3.01. The van der Waals surface area contributed by atoms with Crippen LogP contribution < -0.4 is 5.32 Å². The summed E-state index contributed by atoms with van der Waals surface area (Å²) in [5.74, 6) is -0.0925. The maximum atomic E-state index is 12.4. The maximum Gasteiger partial charge on any atom is 0.226 e. The Morgan fingerprint density at radius 3 is 2.40 bits per heavy atom. The van der Waals surface area contributed by atoms with Crippen LogP contribution in [-0.4, -0.2) is 23.3 Å². The zero-order valence-electron chi connectivity index (χ0n) is 15.2. The third-order valence-corrected chi connectivity index (χ3v) is 4.27. The van der Waals surface area contributed by atoms with Gasteiger partial charge in [0.25, 0.3) is 0 Å². The number of carbonyl (C=O) groups is 2. The average Bonchev–Trinajstić information content (AvgIpc) is 2.61. The predicted octanol–water partition coefficient (Wildman–Crippen LogP) is 3.93. The third kappa shape index (κ3) is 5.45. The lowest BCUT2D eigenvalue weighted by Crippen LogP contribution is -2.31. The second-order valence-electron chi connectivity index (χ2n) is 6.19. The molecule has 0 fully saturated rings. The van der Waals surface area contributed by atoms with Gasteiger partial charge in [-0.15, -0.1) is 0 Å². The van der Waals surface area contributed by atoms with Gasteiger partial charge >= 0.3 is 0 Å². The molecule has 0 aliphatic carbocycles. The van der Waals surface area contributed by atoms with Gasteiger partial charge in [0.2, 0.25) is 11.8 Å². The molecule has 0 saturated heterocycles. The van der Waals surface area contributed by atoms with Gasteiger partial charge < -0.3 is 10.2 Å². The summed E-state index contributed by atoms with van der Waals surface area (Å²) in [6.45, 7) is 6.53. The molecule has 4 nitrogen and oxygen atoms in total. The molecule has 0 aliphatic rings. The van der Waals surface area contributed by atoms with Crippen LogP contribution in [0.1, 0.15) is 37.0 Å². The minimum absolute atomic E-state index is 0.0261. The van der Waals surface area contributed by atoms with Crippen LogP contribution in [0.25, 0.3) is 0 Å². The van der Waals surface area contributed by atoms with Crippen LogP contribution >= 0.6 is 0 Å². The van der Waals surface area contributed by atoms with Gasteiger partial charge in [-0.1, -0.05) is 55.5 Å². The first kappa shape index (κ1) is 18.7. The second kappa shape index (κ2) is 9.02. The maximum absolute atomic E-state index is 12.4. The van der Waals surface area contributed by atoms with E-state index in [4.69, 9.17) is 0 Å². The SMILES string of the molecule is CCc1cccc(C)c1NC(=O)CCN(Cc1ccccc1)C(C)=O. The average molecular weight is 338 g/mol. The minimum atomic E-state index is -0.0664. The van der Waals surface area contributed by atoms with E-state index in [-0.39, 0.29) is 18.2 Å². The largest absolute Gasteiger partial charge is 0.338 e. The Morgan fingerprint density at radius 1 is 1.04 bits per heavy atom. The highest BCUT2D eigenvalue weighted by Crippen LogP contribution is 2.21. The lowest BCUT2D eigenvalue weighted by atomic mass is 10.1. The number of anilines is 1. The molecule has 25 heavy (non-hydrogen) atoms. The van der Waals surface area contributed by atoms with Crippen LogP contribution in [0, 0.1) is 6.92 Å². The van der Waals surface area contributed by atoms with Crippen molar-refractivity contribution in [3.05, 3.63) is 65.2 Å². The summed E-state index contributed by atoms with van der Waals surface area (Å²) >= 11 is 0. The molecular weight excluding hydrogens is 312 g/mol. The van der Waals surface area contributed by atoms with Crippen molar-refractivity contribution in [2.45, 2.75) is 40.2 Å². The highest BCUT2D eigenvalue weighted by atomic mass is 16.2. The molecule has 2 rings (SSSR count). The van der Waals surface area contributed by atoms with E-state index in [9.17, 15) is 9.59 Å². The van der Waals surface area contributed by atoms with Gasteiger partial charge in [-0.05, 0) is 30.0 Å². The van der Waals surface area contributed by atoms with Crippen LogP contribution in [0.5, 0.6) is 0 Å². The monoisotopic (exact) mass is 338 g/mol. The van der Waals surface area contributed by atoms with Crippen molar-refractivity contribution in [1.29, 1.82) is 0 Å². The zero-order valence-corrected chi connectivity index (χ0v) is 15.2. The number of amides is 2. The number of rotatable bonds is 7. The molecule has 132 valence electrons. The van der Waals surface area contributed by atoms with Crippen molar-refractivity contribution in [3.63, 3.8) is 0 Å². The van der Waals surface area contributed by atoms with E-state index in [0.717, 1.165) is 28.8 Å². The Kier molecular flexibility index (Phi) is 6.75. The normalized spacial score (nSPS) is 10.4. The van der Waals surface area contributed by atoms with Crippen molar-refractivity contribution in [3.8, 4) is 0 Å². The molecule has 0 atom stereocenters. The first-order valence-corrected chi connectivity index (χ1v) is 8.69. The van der Waals surface area contributed by atoms with Gasteiger partial charge in [0.05, 0.1) is 0 Å². The number of benzene rings is 2. The first-order chi connectivity index (χ1) is 12.0. The van der Waals surface area contributed by atoms with Crippen LogP contribution in [0.2, 0.25) is 0 Å². The number of para-hydroxylation sites is 1. The van der Waals surface area contributed by atoms with Gasteiger partial charge in [-0.25, -0.2) is 0 Å². The van der Waals surface area contributed by atoms with Gasteiger partial charge in [0.1, 0.15) is 0 Å². The Hall–Kier alpha value is -2.62. The number of aryl methyl sites for hydroxylation is 2. The standard InChI is InChI=1S/C21H26N2O2/c1-4-19-12-8-9-16(2)21(19)22-20(25)13-14-23(17(3)24)15-18-10-6-5-7-11-18/h5-12H,4,13-15H2,1-3H3,(H,22,25). The molecule has 2 amide bonds. The molecule has 0 aliphatic heterocycles. The van der Waals surface area contributed by atoms with E-state index in [1.807, 2.05) is 55.5 Å².